The van der Waals surface area contributed by atoms with Gasteiger partial charge in [-0.05, 0) is 123 Å². The summed E-state index contributed by atoms with van der Waals surface area (Å²) in [5.41, 5.74) is 2.37. The van der Waals surface area contributed by atoms with Crippen molar-refractivity contribution in [2.75, 3.05) is 31.5 Å². The molecule has 0 radical (unpaired) electrons. The van der Waals surface area contributed by atoms with Gasteiger partial charge in [-0.1, -0.05) is 26.0 Å². The third-order valence-corrected chi connectivity index (χ3v) is 7.81. The minimum absolute atomic E-state index is 0.102. The smallest absolute Gasteiger partial charge is 0.416 e. The van der Waals surface area contributed by atoms with Crippen LogP contribution in [0.5, 0.6) is 5.75 Å². The van der Waals surface area contributed by atoms with Gasteiger partial charge in [0.25, 0.3) is 17.8 Å². The fourth-order valence-electron chi connectivity index (χ4n) is 5.22. The molecule has 1 aliphatic rings. The van der Waals surface area contributed by atoms with Crippen LogP contribution in [0.4, 0.5) is 18.9 Å². The average molecular weight is 642 g/mol. The number of piperidine rings is 1. The predicted molar refractivity (Wildman–Crippen MR) is 171 cm³/mol. The number of alkyl halides is 3. The first-order chi connectivity index (χ1) is 21.7. The van der Waals surface area contributed by atoms with E-state index in [1.54, 1.807) is 24.3 Å². The maximum atomic E-state index is 12.7. The van der Waals surface area contributed by atoms with Crippen molar-refractivity contribution in [2.45, 2.75) is 64.5 Å². The number of rotatable bonds is 10. The van der Waals surface area contributed by atoms with Crippen molar-refractivity contribution in [3.8, 4) is 5.75 Å². The molecule has 0 bridgehead atoms. The van der Waals surface area contributed by atoms with Crippen LogP contribution in [0.3, 0.4) is 0 Å². The van der Waals surface area contributed by atoms with Gasteiger partial charge in [-0.2, -0.15) is 13.2 Å². The highest BCUT2D eigenvalue weighted by atomic mass is 19.4. The number of carboxylic acid groups (broad SMARTS) is 1. The number of aromatic hydroxyl groups is 1. The number of aliphatic carboxylic acids is 1. The Labute approximate surface area is 267 Å². The molecule has 0 aromatic heterocycles. The summed E-state index contributed by atoms with van der Waals surface area (Å²) in [5, 5.41) is 23.5. The molecule has 1 aliphatic heterocycles. The van der Waals surface area contributed by atoms with Crippen molar-refractivity contribution in [3.05, 3.63) is 94.5 Å². The molecule has 4 rings (SSSR count). The van der Waals surface area contributed by atoms with E-state index in [0.29, 0.717) is 35.4 Å². The first-order valence-corrected chi connectivity index (χ1v) is 15.4. The van der Waals surface area contributed by atoms with E-state index in [9.17, 15) is 27.9 Å². The molecule has 4 N–H and O–H groups in total. The lowest BCUT2D eigenvalue weighted by Gasteiger charge is -2.32. The number of likely N-dealkylation sites (tertiary alicyclic amines) is 1. The number of carbonyl (C=O) groups is 3. The van der Waals surface area contributed by atoms with Gasteiger partial charge in [0.15, 0.2) is 0 Å². The highest BCUT2D eigenvalue weighted by molar-refractivity contribution is 6.04. The average Bonchev–Trinajstić information content (AvgIpc) is 3.01. The van der Waals surface area contributed by atoms with Crippen molar-refractivity contribution in [2.24, 2.45) is 0 Å². The Morgan fingerprint density at radius 1 is 0.891 bits per heavy atom. The summed E-state index contributed by atoms with van der Waals surface area (Å²) < 4.78 is 38.2. The summed E-state index contributed by atoms with van der Waals surface area (Å²) in [5.74, 6) is -0.398. The molecule has 2 amide bonds. The first-order valence-electron chi connectivity index (χ1n) is 15.4. The second-order valence-corrected chi connectivity index (χ2v) is 11.7. The molecule has 1 heterocycles. The number of nitrogens with one attached hydrogen (secondary N) is 2. The van der Waals surface area contributed by atoms with E-state index in [1.165, 1.54) is 0 Å². The van der Waals surface area contributed by atoms with E-state index in [2.05, 4.69) is 41.5 Å². The molecule has 1 saturated heterocycles. The normalized spacial score (nSPS) is 13.9. The van der Waals surface area contributed by atoms with Crippen LogP contribution in [0.2, 0.25) is 0 Å². The second-order valence-electron chi connectivity index (χ2n) is 11.7. The summed E-state index contributed by atoms with van der Waals surface area (Å²) in [4.78, 5) is 36.3. The van der Waals surface area contributed by atoms with Gasteiger partial charge in [0.2, 0.25) is 0 Å². The van der Waals surface area contributed by atoms with Gasteiger partial charge in [-0.25, -0.2) is 0 Å². The molecule has 3 aromatic carbocycles. The number of anilines is 1. The Hall–Kier alpha value is -4.38. The van der Waals surface area contributed by atoms with Crippen LogP contribution in [-0.2, 0) is 11.0 Å². The molecular weight excluding hydrogens is 599 g/mol. The number of nitrogens with zero attached hydrogens (tertiary/aromatic N) is 1. The van der Waals surface area contributed by atoms with Crippen LogP contribution in [0, 0.1) is 0 Å². The van der Waals surface area contributed by atoms with E-state index >= 15 is 0 Å². The number of carbonyl (C=O) groups excluding carboxylic acids is 2. The Morgan fingerprint density at radius 2 is 1.46 bits per heavy atom. The highest BCUT2D eigenvalue weighted by Crippen LogP contribution is 2.35. The van der Waals surface area contributed by atoms with Crippen LogP contribution >= 0.6 is 0 Å². The molecule has 11 heteroatoms. The zero-order valence-electron chi connectivity index (χ0n) is 26.4. The molecule has 3 aromatic rings. The molecule has 0 saturated carbocycles. The van der Waals surface area contributed by atoms with Gasteiger partial charge in [0.05, 0.1) is 5.56 Å². The maximum Gasteiger partial charge on any atom is 0.416 e. The van der Waals surface area contributed by atoms with Gasteiger partial charge in [-0.3, -0.25) is 14.4 Å². The minimum atomic E-state index is -4.46. The topological polar surface area (TPSA) is 119 Å². The summed E-state index contributed by atoms with van der Waals surface area (Å²) in [6.45, 7) is 8.83. The molecular formula is C35H42F3N3O5. The van der Waals surface area contributed by atoms with E-state index < -0.39 is 23.6 Å². The molecule has 46 heavy (non-hydrogen) atoms. The molecule has 0 unspecified atom stereocenters. The number of unbranched alkanes of at least 4 members (excludes halogenated alkanes) is 1. The summed E-state index contributed by atoms with van der Waals surface area (Å²) >= 11 is 0. The van der Waals surface area contributed by atoms with Crippen molar-refractivity contribution in [1.29, 1.82) is 0 Å². The van der Waals surface area contributed by atoms with Gasteiger partial charge in [0, 0.05) is 30.3 Å². The van der Waals surface area contributed by atoms with Crippen LogP contribution in [-0.4, -0.2) is 59.1 Å². The molecule has 8 nitrogen and oxygen atoms in total. The predicted octanol–water partition coefficient (Wildman–Crippen LogP) is 7.27. The summed E-state index contributed by atoms with van der Waals surface area (Å²) in [6.07, 6.45) is -0.604. The van der Waals surface area contributed by atoms with Gasteiger partial charge < -0.3 is 25.7 Å². The molecule has 0 aliphatic carbocycles. The lowest BCUT2D eigenvalue weighted by Crippen LogP contribution is -2.34. The highest BCUT2D eigenvalue weighted by Gasteiger charge is 2.30. The zero-order chi connectivity index (χ0) is 33.9. The van der Waals surface area contributed by atoms with Crippen LogP contribution in [0.25, 0.3) is 0 Å². The second kappa shape index (κ2) is 16.8. The Bertz CT molecular complexity index is 1450. The van der Waals surface area contributed by atoms with Crippen molar-refractivity contribution in [1.82, 2.24) is 10.2 Å². The monoisotopic (exact) mass is 641 g/mol. The largest absolute Gasteiger partial charge is 0.508 e. The lowest BCUT2D eigenvalue weighted by atomic mass is 9.87. The van der Waals surface area contributed by atoms with E-state index in [0.717, 1.165) is 87.6 Å². The van der Waals surface area contributed by atoms with Crippen LogP contribution < -0.4 is 10.6 Å². The zero-order valence-corrected chi connectivity index (χ0v) is 26.4. The summed E-state index contributed by atoms with van der Waals surface area (Å²) in [6, 6.07) is 16.4. The molecule has 0 spiro atoms. The third-order valence-electron chi connectivity index (χ3n) is 7.81. The maximum absolute atomic E-state index is 12.7. The number of halogens is 3. The molecule has 248 valence electrons. The summed E-state index contributed by atoms with van der Waals surface area (Å²) in [7, 11) is 0. The number of carboxylic acids is 1. The fourth-order valence-corrected chi connectivity index (χ4v) is 5.22. The van der Waals surface area contributed by atoms with E-state index in [1.807, 2.05) is 6.07 Å². The number of phenols is 1. The van der Waals surface area contributed by atoms with Crippen molar-refractivity contribution >= 4 is 23.5 Å². The number of hydrogen-bond acceptors (Lipinski definition) is 5. The van der Waals surface area contributed by atoms with E-state index in [4.69, 9.17) is 9.90 Å². The van der Waals surface area contributed by atoms with Gasteiger partial charge >= 0.3 is 6.18 Å². The Balaban J connectivity index is 0.00000136. The Morgan fingerprint density at radius 3 is 2.00 bits per heavy atom. The SMILES string of the molecule is CC(=O)O.CC(C)c1ccc(C2CCN(CCCCNC(=O)c3ccc(NC(=O)c4ccc(C(F)(F)F)cc4)cc3)CC2)c(O)c1. The lowest BCUT2D eigenvalue weighted by molar-refractivity contribution is -0.137. The fraction of sp³-hybridized carbons (Fsp3) is 0.400. The van der Waals surface area contributed by atoms with Crippen LogP contribution in [0.15, 0.2) is 66.7 Å². The minimum Gasteiger partial charge on any atom is -0.508 e. The third kappa shape index (κ3) is 11.2. The molecule has 1 fully saturated rings. The van der Waals surface area contributed by atoms with Gasteiger partial charge in [-0.15, -0.1) is 0 Å². The Kier molecular flexibility index (Phi) is 13.2. The number of benzene rings is 3. The standard InChI is InChI=1S/C33H38F3N3O3.C2H4O2/c1-22(2)26-9-14-29(30(40)21-26)23-15-19-39(20-16-23)18-4-3-17-37-31(41)24-7-12-28(13-8-24)38-32(42)25-5-10-27(11-6-25)33(34,35)36;1-2(3)4/h5-14,21-23,40H,3-4,15-20H2,1-2H3,(H,37,41)(H,38,42);1H3,(H,3,4). The van der Waals surface area contributed by atoms with Gasteiger partial charge in [0.1, 0.15) is 5.75 Å². The first kappa shape index (κ1) is 36.1. The van der Waals surface area contributed by atoms with Crippen LogP contribution in [0.1, 0.15) is 95.7 Å². The molecule has 0 atom stereocenters. The van der Waals surface area contributed by atoms with Crippen molar-refractivity contribution < 1.29 is 37.8 Å². The number of amides is 2. The number of hydrogen-bond donors (Lipinski definition) is 4. The van der Waals surface area contributed by atoms with Crippen molar-refractivity contribution in [3.63, 3.8) is 0 Å². The van der Waals surface area contributed by atoms with E-state index in [-0.39, 0.29) is 11.5 Å². The number of phenolic OH excluding ortho intramolecular Hbond substituents is 1. The quantitative estimate of drug-likeness (QED) is 0.173.